The van der Waals surface area contributed by atoms with Crippen LogP contribution in [0.4, 0.5) is 5.69 Å². The standard InChI is InChI=1S/C16H22N2O3/c1-15(2,16(3,4)17)14(21)18-12-7-5-6-11(10-12)8-9-13(19)20/h5-10H,17H2,1-4H3,(H,18,21)(H,19,20)/b9-8+. The first-order valence-electron chi connectivity index (χ1n) is 6.65. The minimum atomic E-state index is -1.02. The normalized spacial score (nSPS) is 12.4. The summed E-state index contributed by atoms with van der Waals surface area (Å²) in [6, 6.07) is 6.96. The third kappa shape index (κ3) is 4.43. The molecule has 0 radical (unpaired) electrons. The van der Waals surface area contributed by atoms with Gasteiger partial charge in [0.2, 0.25) is 5.91 Å². The summed E-state index contributed by atoms with van der Waals surface area (Å²) in [6.45, 7) is 7.18. The van der Waals surface area contributed by atoms with Gasteiger partial charge in [-0.25, -0.2) is 4.79 Å². The summed E-state index contributed by atoms with van der Waals surface area (Å²) in [6.07, 6.45) is 2.52. The van der Waals surface area contributed by atoms with Crippen LogP contribution in [0, 0.1) is 5.41 Å². The van der Waals surface area contributed by atoms with E-state index < -0.39 is 16.9 Å². The van der Waals surface area contributed by atoms with Crippen molar-refractivity contribution in [2.24, 2.45) is 11.1 Å². The zero-order chi connectivity index (χ0) is 16.3. The third-order valence-corrected chi connectivity index (χ3v) is 3.74. The lowest BCUT2D eigenvalue weighted by molar-refractivity contribution is -0.131. The molecule has 5 heteroatoms. The number of amides is 1. The quantitative estimate of drug-likeness (QED) is 0.726. The number of rotatable bonds is 5. The Hall–Kier alpha value is -2.14. The minimum absolute atomic E-state index is 0.186. The Morgan fingerprint density at radius 1 is 1.24 bits per heavy atom. The molecule has 0 spiro atoms. The van der Waals surface area contributed by atoms with Gasteiger partial charge in [0.05, 0.1) is 5.41 Å². The molecule has 4 N–H and O–H groups in total. The highest BCUT2D eigenvalue weighted by molar-refractivity contribution is 5.96. The summed E-state index contributed by atoms with van der Waals surface area (Å²) < 4.78 is 0. The van der Waals surface area contributed by atoms with Crippen molar-refractivity contribution < 1.29 is 14.7 Å². The summed E-state index contributed by atoms with van der Waals surface area (Å²) in [5.41, 5.74) is 5.92. The van der Waals surface area contributed by atoms with Crippen molar-refractivity contribution in [2.75, 3.05) is 5.32 Å². The second-order valence-corrected chi connectivity index (χ2v) is 6.10. The number of anilines is 1. The number of carboxylic acid groups (broad SMARTS) is 1. The number of carboxylic acids is 1. The number of nitrogens with one attached hydrogen (secondary N) is 1. The summed E-state index contributed by atoms with van der Waals surface area (Å²) in [4.78, 5) is 22.9. The SMILES string of the molecule is CC(C)(N)C(C)(C)C(=O)Nc1cccc(/C=C/C(=O)O)c1. The maximum absolute atomic E-state index is 12.4. The molecule has 0 aliphatic rings. The van der Waals surface area contributed by atoms with Gasteiger partial charge >= 0.3 is 5.97 Å². The molecule has 0 bridgehead atoms. The van der Waals surface area contributed by atoms with Gasteiger partial charge in [-0.2, -0.15) is 0 Å². The molecule has 0 aliphatic carbocycles. The monoisotopic (exact) mass is 290 g/mol. The van der Waals surface area contributed by atoms with E-state index in [1.54, 1.807) is 52.0 Å². The highest BCUT2D eigenvalue weighted by atomic mass is 16.4. The van der Waals surface area contributed by atoms with Crippen molar-refractivity contribution in [2.45, 2.75) is 33.2 Å². The van der Waals surface area contributed by atoms with Gasteiger partial charge < -0.3 is 16.2 Å². The molecule has 1 amide bonds. The topological polar surface area (TPSA) is 92.4 Å². The van der Waals surface area contributed by atoms with Crippen LogP contribution < -0.4 is 11.1 Å². The molecule has 0 aromatic heterocycles. The molecule has 0 atom stereocenters. The molecule has 1 rings (SSSR count). The van der Waals surface area contributed by atoms with Crippen LogP contribution in [0.25, 0.3) is 6.08 Å². The molecule has 1 aromatic carbocycles. The van der Waals surface area contributed by atoms with Crippen LogP contribution in [0.5, 0.6) is 0 Å². The first-order valence-corrected chi connectivity index (χ1v) is 6.65. The summed E-state index contributed by atoms with van der Waals surface area (Å²) >= 11 is 0. The predicted octanol–water partition coefficient (Wildman–Crippen LogP) is 2.49. The van der Waals surface area contributed by atoms with Crippen molar-refractivity contribution in [3.05, 3.63) is 35.9 Å². The van der Waals surface area contributed by atoms with Crippen LogP contribution in [0.2, 0.25) is 0 Å². The Balaban J connectivity index is 2.92. The Morgan fingerprint density at radius 2 is 1.86 bits per heavy atom. The second kappa shape index (κ2) is 6.10. The first-order chi connectivity index (χ1) is 9.54. The number of carbonyl (C=O) groups is 2. The van der Waals surface area contributed by atoms with Crippen LogP contribution in [0.1, 0.15) is 33.3 Å². The molecule has 0 heterocycles. The van der Waals surface area contributed by atoms with E-state index in [2.05, 4.69) is 5.32 Å². The number of nitrogens with two attached hydrogens (primary N) is 1. The molecule has 0 aliphatic heterocycles. The molecule has 114 valence electrons. The molecular weight excluding hydrogens is 268 g/mol. The number of carbonyl (C=O) groups excluding carboxylic acids is 1. The van der Waals surface area contributed by atoms with E-state index >= 15 is 0 Å². The summed E-state index contributed by atoms with van der Waals surface area (Å²) in [5, 5.41) is 11.4. The molecule has 0 fully saturated rings. The number of aliphatic carboxylic acids is 1. The highest BCUT2D eigenvalue weighted by Gasteiger charge is 2.40. The van der Waals surface area contributed by atoms with Crippen LogP contribution in [0.3, 0.4) is 0 Å². The van der Waals surface area contributed by atoms with Crippen molar-refractivity contribution in [3.63, 3.8) is 0 Å². The van der Waals surface area contributed by atoms with Gasteiger partial charge in [0, 0.05) is 17.3 Å². The molecule has 1 aromatic rings. The largest absolute Gasteiger partial charge is 0.478 e. The minimum Gasteiger partial charge on any atom is -0.478 e. The van der Waals surface area contributed by atoms with Crippen LogP contribution in [-0.2, 0) is 9.59 Å². The zero-order valence-electron chi connectivity index (χ0n) is 12.8. The van der Waals surface area contributed by atoms with Gasteiger partial charge in [0.25, 0.3) is 0 Å². The molecule has 0 unspecified atom stereocenters. The van der Waals surface area contributed by atoms with E-state index in [1.807, 2.05) is 0 Å². The first kappa shape index (κ1) is 16.9. The van der Waals surface area contributed by atoms with Crippen LogP contribution >= 0.6 is 0 Å². The third-order valence-electron chi connectivity index (χ3n) is 3.74. The maximum atomic E-state index is 12.4. The van der Waals surface area contributed by atoms with Gasteiger partial charge in [-0.15, -0.1) is 0 Å². The fourth-order valence-corrected chi connectivity index (χ4v) is 1.47. The van der Waals surface area contributed by atoms with Crippen LogP contribution in [-0.4, -0.2) is 22.5 Å². The summed E-state index contributed by atoms with van der Waals surface area (Å²) in [5.74, 6) is -1.20. The zero-order valence-corrected chi connectivity index (χ0v) is 12.8. The van der Waals surface area contributed by atoms with E-state index in [4.69, 9.17) is 10.8 Å². The Bertz CT molecular complexity index is 569. The second-order valence-electron chi connectivity index (χ2n) is 6.10. The van der Waals surface area contributed by atoms with Gasteiger partial charge in [-0.3, -0.25) is 4.79 Å². The number of benzene rings is 1. The van der Waals surface area contributed by atoms with Crippen molar-refractivity contribution in [1.82, 2.24) is 0 Å². The average molecular weight is 290 g/mol. The molecule has 5 nitrogen and oxygen atoms in total. The van der Waals surface area contributed by atoms with E-state index in [0.29, 0.717) is 11.3 Å². The lowest BCUT2D eigenvalue weighted by atomic mass is 9.74. The predicted molar refractivity (Wildman–Crippen MR) is 83.8 cm³/mol. The van der Waals surface area contributed by atoms with Gasteiger partial charge in [-0.05, 0) is 51.5 Å². The van der Waals surface area contributed by atoms with Crippen molar-refractivity contribution in [3.8, 4) is 0 Å². The Kier molecular flexibility index (Phi) is 4.91. The molecule has 0 saturated heterocycles. The Morgan fingerprint density at radius 3 is 2.38 bits per heavy atom. The Labute approximate surface area is 124 Å². The van der Waals surface area contributed by atoms with Crippen LogP contribution in [0.15, 0.2) is 30.3 Å². The van der Waals surface area contributed by atoms with Gasteiger partial charge in [0.1, 0.15) is 0 Å². The van der Waals surface area contributed by atoms with Gasteiger partial charge in [0.15, 0.2) is 0 Å². The van der Waals surface area contributed by atoms with Crippen molar-refractivity contribution >= 4 is 23.6 Å². The number of hydrogen-bond acceptors (Lipinski definition) is 3. The lowest BCUT2D eigenvalue weighted by Crippen LogP contribution is -2.53. The lowest BCUT2D eigenvalue weighted by Gasteiger charge is -2.36. The molecule has 0 saturated carbocycles. The number of hydrogen-bond donors (Lipinski definition) is 3. The van der Waals surface area contributed by atoms with E-state index in [0.717, 1.165) is 6.08 Å². The highest BCUT2D eigenvalue weighted by Crippen LogP contribution is 2.29. The van der Waals surface area contributed by atoms with E-state index in [1.165, 1.54) is 6.08 Å². The van der Waals surface area contributed by atoms with Crippen molar-refractivity contribution in [1.29, 1.82) is 0 Å². The molecule has 21 heavy (non-hydrogen) atoms. The smallest absolute Gasteiger partial charge is 0.328 e. The fraction of sp³-hybridized carbons (Fsp3) is 0.375. The van der Waals surface area contributed by atoms with Gasteiger partial charge in [-0.1, -0.05) is 12.1 Å². The fourth-order valence-electron chi connectivity index (χ4n) is 1.47. The maximum Gasteiger partial charge on any atom is 0.328 e. The van der Waals surface area contributed by atoms with E-state index in [9.17, 15) is 9.59 Å². The van der Waals surface area contributed by atoms with E-state index in [-0.39, 0.29) is 5.91 Å². The average Bonchev–Trinajstić information content (AvgIpc) is 2.35. The summed E-state index contributed by atoms with van der Waals surface area (Å²) in [7, 11) is 0. The molecular formula is C16H22N2O3.